The highest BCUT2D eigenvalue weighted by molar-refractivity contribution is 5.92. The summed E-state index contributed by atoms with van der Waals surface area (Å²) in [7, 11) is 0. The summed E-state index contributed by atoms with van der Waals surface area (Å²) in [6, 6.07) is 6.97. The third kappa shape index (κ3) is 14.6. The van der Waals surface area contributed by atoms with Gasteiger partial charge in [0.2, 0.25) is 11.8 Å². The first kappa shape index (κ1) is 32.1. The first-order valence-corrected chi connectivity index (χ1v) is 12.4. The smallest absolute Gasteiger partial charge is 0.326 e. The summed E-state index contributed by atoms with van der Waals surface area (Å²) in [5.41, 5.74) is 5.10. The number of carbonyl (C=O) groups excluding carboxylic acids is 5. The molecule has 0 saturated heterocycles. The van der Waals surface area contributed by atoms with Crippen LogP contribution in [0.5, 0.6) is 0 Å². The minimum atomic E-state index is -1.25. The first-order chi connectivity index (χ1) is 17.8. The number of primary amides is 1. The van der Waals surface area contributed by atoms with Gasteiger partial charge in [-0.1, -0.05) is 30.3 Å². The number of Topliss-reactive ketones (excluding diaryl/α,β-unsaturated/α-hetero) is 1. The van der Waals surface area contributed by atoms with Gasteiger partial charge in [0.05, 0.1) is 13.0 Å². The lowest BCUT2D eigenvalue weighted by Gasteiger charge is -2.20. The van der Waals surface area contributed by atoms with Gasteiger partial charge < -0.3 is 31.5 Å². The molecular weight excluding hydrogens is 496 g/mol. The molecule has 38 heavy (non-hydrogen) atoms. The van der Waals surface area contributed by atoms with Crippen molar-refractivity contribution in [2.24, 2.45) is 11.7 Å². The van der Waals surface area contributed by atoms with E-state index in [1.165, 1.54) is 0 Å². The van der Waals surface area contributed by atoms with Crippen molar-refractivity contribution in [3.8, 4) is 0 Å². The van der Waals surface area contributed by atoms with E-state index in [-0.39, 0.29) is 51.6 Å². The zero-order valence-corrected chi connectivity index (χ0v) is 22.1. The Bertz CT molecular complexity index is 975. The molecule has 0 aliphatic rings. The molecule has 0 radical (unpaired) electrons. The number of esters is 1. The zero-order valence-electron chi connectivity index (χ0n) is 22.1. The molecule has 210 valence electrons. The van der Waals surface area contributed by atoms with Gasteiger partial charge >= 0.3 is 18.0 Å². The molecule has 0 aliphatic heterocycles. The van der Waals surface area contributed by atoms with E-state index in [4.69, 9.17) is 10.5 Å². The maximum atomic E-state index is 13.0. The number of nitrogens with one attached hydrogen (secondary N) is 3. The van der Waals surface area contributed by atoms with Crippen LogP contribution in [0, 0.1) is 5.92 Å². The van der Waals surface area contributed by atoms with Gasteiger partial charge in [0.1, 0.15) is 11.6 Å². The van der Waals surface area contributed by atoms with Crippen molar-refractivity contribution >= 4 is 35.6 Å². The summed E-state index contributed by atoms with van der Waals surface area (Å²) in [6.07, 6.45) is -0.0367. The second-order valence-corrected chi connectivity index (χ2v) is 9.83. The minimum Gasteiger partial charge on any atom is -0.480 e. The van der Waals surface area contributed by atoms with Gasteiger partial charge in [-0.25, -0.2) is 9.59 Å². The molecule has 6 N–H and O–H groups in total. The van der Waals surface area contributed by atoms with Crippen LogP contribution in [0.1, 0.15) is 58.4 Å². The molecule has 12 heteroatoms. The summed E-state index contributed by atoms with van der Waals surface area (Å²) >= 11 is 0. The molecule has 1 rings (SSSR count). The Morgan fingerprint density at radius 1 is 1.00 bits per heavy atom. The molecule has 0 bridgehead atoms. The number of carboxylic acid groups (broad SMARTS) is 1. The fraction of sp³-hybridized carbons (Fsp3) is 0.538. The Labute approximate surface area is 222 Å². The van der Waals surface area contributed by atoms with E-state index in [2.05, 4.69) is 16.0 Å². The maximum Gasteiger partial charge on any atom is 0.326 e. The summed E-state index contributed by atoms with van der Waals surface area (Å²) in [5, 5.41) is 16.8. The third-order valence-electron chi connectivity index (χ3n) is 5.21. The predicted octanol–water partition coefficient (Wildman–Crippen LogP) is 1.06. The van der Waals surface area contributed by atoms with Crippen LogP contribution in [0.15, 0.2) is 30.3 Å². The summed E-state index contributed by atoms with van der Waals surface area (Å²) in [4.78, 5) is 71.9. The largest absolute Gasteiger partial charge is 0.480 e. The molecule has 1 aromatic carbocycles. The van der Waals surface area contributed by atoms with E-state index < -0.39 is 53.1 Å². The fourth-order valence-electron chi connectivity index (χ4n) is 3.46. The number of nitrogens with two attached hydrogens (primary N) is 1. The molecule has 12 nitrogen and oxygen atoms in total. The van der Waals surface area contributed by atoms with Crippen molar-refractivity contribution in [3.05, 3.63) is 35.9 Å². The number of carboxylic acids is 1. The summed E-state index contributed by atoms with van der Waals surface area (Å²) < 4.78 is 5.14. The lowest BCUT2D eigenvalue weighted by molar-refractivity contribution is -0.155. The Kier molecular flexibility index (Phi) is 13.5. The first-order valence-electron chi connectivity index (χ1n) is 12.4. The van der Waals surface area contributed by atoms with Gasteiger partial charge in [-0.15, -0.1) is 0 Å². The average molecular weight is 535 g/mol. The van der Waals surface area contributed by atoms with Crippen molar-refractivity contribution in [1.82, 2.24) is 16.0 Å². The number of ketones is 1. The van der Waals surface area contributed by atoms with Crippen molar-refractivity contribution in [2.75, 3.05) is 13.1 Å². The third-order valence-corrected chi connectivity index (χ3v) is 5.21. The maximum absolute atomic E-state index is 13.0. The Morgan fingerprint density at radius 2 is 1.66 bits per heavy atom. The van der Waals surface area contributed by atoms with Crippen LogP contribution in [-0.4, -0.2) is 65.4 Å². The normalized spacial score (nSPS) is 12.5. The van der Waals surface area contributed by atoms with Gasteiger partial charge in [0.15, 0.2) is 5.78 Å². The van der Waals surface area contributed by atoms with Crippen molar-refractivity contribution < 1.29 is 38.6 Å². The minimum absolute atomic E-state index is 0.0427. The topological polar surface area (TPSA) is 194 Å². The predicted molar refractivity (Wildman–Crippen MR) is 138 cm³/mol. The van der Waals surface area contributed by atoms with Crippen molar-refractivity contribution in [2.45, 2.75) is 70.9 Å². The van der Waals surface area contributed by atoms with E-state index in [1.54, 1.807) is 51.1 Å². The van der Waals surface area contributed by atoms with Crippen molar-refractivity contribution in [1.29, 1.82) is 0 Å². The highest BCUT2D eigenvalue weighted by Gasteiger charge is 2.27. The molecule has 0 spiro atoms. The number of urea groups is 1. The van der Waals surface area contributed by atoms with Crippen LogP contribution in [0.3, 0.4) is 0 Å². The number of ether oxygens (including phenoxy) is 1. The number of rotatable bonds is 16. The van der Waals surface area contributed by atoms with Crippen LogP contribution in [-0.2, 0) is 35.1 Å². The lowest BCUT2D eigenvalue weighted by Crippen LogP contribution is -2.45. The zero-order chi connectivity index (χ0) is 28.7. The van der Waals surface area contributed by atoms with Crippen LogP contribution in [0.4, 0.5) is 4.79 Å². The van der Waals surface area contributed by atoms with E-state index in [0.717, 1.165) is 5.56 Å². The number of carbonyl (C=O) groups is 6. The second-order valence-electron chi connectivity index (χ2n) is 9.83. The molecule has 0 aliphatic carbocycles. The van der Waals surface area contributed by atoms with Gasteiger partial charge in [-0.2, -0.15) is 0 Å². The standard InChI is InChI=1S/C26H38N4O8/c1-26(2,3)38-22(33)12-11-21(32)29-16-19(31)15-18(14-17-8-5-4-6-9-17)23(34)30-20(24(35)36)10-7-13-28-25(27)37/h4-6,8-9,18,20H,7,10-16H2,1-3H3,(H,29,32)(H,30,34)(H,35,36)(H3,27,28,37)/t18-,20+/m1/s1. The average Bonchev–Trinajstić information content (AvgIpc) is 2.82. The molecule has 1 aromatic rings. The van der Waals surface area contributed by atoms with Gasteiger partial charge in [0.25, 0.3) is 0 Å². The monoisotopic (exact) mass is 534 g/mol. The summed E-state index contributed by atoms with van der Waals surface area (Å²) in [5.74, 6) is -4.22. The molecule has 4 amide bonds. The van der Waals surface area contributed by atoms with Gasteiger partial charge in [-0.3, -0.25) is 19.2 Å². The number of hydrogen-bond donors (Lipinski definition) is 5. The SMILES string of the molecule is CC(C)(C)OC(=O)CCC(=O)NCC(=O)C[C@@H](Cc1ccccc1)C(=O)N[C@@H](CCCNC(N)=O)C(=O)O. The number of aliphatic carboxylic acids is 1. The highest BCUT2D eigenvalue weighted by atomic mass is 16.6. The van der Waals surface area contributed by atoms with Crippen molar-refractivity contribution in [3.63, 3.8) is 0 Å². The molecule has 0 saturated carbocycles. The Balaban J connectivity index is 2.72. The Morgan fingerprint density at radius 3 is 2.24 bits per heavy atom. The molecule has 0 fully saturated rings. The molecular formula is C26H38N4O8. The van der Waals surface area contributed by atoms with Crippen LogP contribution < -0.4 is 21.7 Å². The van der Waals surface area contributed by atoms with E-state index in [1.807, 2.05) is 0 Å². The molecule has 0 heterocycles. The Hall–Kier alpha value is -3.96. The second kappa shape index (κ2) is 16.0. The number of hydrogen-bond acceptors (Lipinski definition) is 7. The van der Waals surface area contributed by atoms with E-state index in [0.29, 0.717) is 0 Å². The lowest BCUT2D eigenvalue weighted by atomic mass is 9.92. The van der Waals surface area contributed by atoms with Crippen LogP contribution >= 0.6 is 0 Å². The van der Waals surface area contributed by atoms with Gasteiger partial charge in [-0.05, 0) is 45.6 Å². The van der Waals surface area contributed by atoms with E-state index in [9.17, 15) is 33.9 Å². The fourth-order valence-corrected chi connectivity index (χ4v) is 3.46. The molecule has 0 unspecified atom stereocenters. The highest BCUT2D eigenvalue weighted by Crippen LogP contribution is 2.15. The molecule has 2 atom stereocenters. The van der Waals surface area contributed by atoms with Gasteiger partial charge in [0, 0.05) is 25.3 Å². The summed E-state index contributed by atoms with van der Waals surface area (Å²) in [6.45, 7) is 4.95. The number of amides is 4. The quantitative estimate of drug-likeness (QED) is 0.153. The van der Waals surface area contributed by atoms with Crippen LogP contribution in [0.2, 0.25) is 0 Å². The number of benzene rings is 1. The van der Waals surface area contributed by atoms with E-state index >= 15 is 0 Å². The molecule has 0 aromatic heterocycles. The van der Waals surface area contributed by atoms with Crippen LogP contribution in [0.25, 0.3) is 0 Å².